The van der Waals surface area contributed by atoms with Crippen LogP contribution in [-0.2, 0) is 14.3 Å². The Morgan fingerprint density at radius 3 is 2.79 bits per heavy atom. The second-order valence-electron chi connectivity index (χ2n) is 7.26. The number of esters is 1. The SMILES string of the molecule is CCOC(=O)COc1ccccc1/C=C1\SC(=S)N(CCC2CCCCC2)C1=O. The van der Waals surface area contributed by atoms with Gasteiger partial charge in [-0.15, -0.1) is 0 Å². The molecule has 1 aliphatic carbocycles. The summed E-state index contributed by atoms with van der Waals surface area (Å²) >= 11 is 6.79. The Morgan fingerprint density at radius 2 is 2.03 bits per heavy atom. The molecule has 0 spiro atoms. The first kappa shape index (κ1) is 21.8. The quantitative estimate of drug-likeness (QED) is 0.333. The van der Waals surface area contributed by atoms with Crippen molar-refractivity contribution in [2.75, 3.05) is 19.8 Å². The van der Waals surface area contributed by atoms with Crippen molar-refractivity contribution in [3.63, 3.8) is 0 Å². The number of hydrogen-bond donors (Lipinski definition) is 0. The average molecular weight is 434 g/mol. The fraction of sp³-hybridized carbons (Fsp3) is 0.500. The summed E-state index contributed by atoms with van der Waals surface area (Å²) in [5.41, 5.74) is 0.740. The zero-order chi connectivity index (χ0) is 20.6. The van der Waals surface area contributed by atoms with E-state index in [4.69, 9.17) is 21.7 Å². The van der Waals surface area contributed by atoms with E-state index in [9.17, 15) is 9.59 Å². The van der Waals surface area contributed by atoms with E-state index >= 15 is 0 Å². The van der Waals surface area contributed by atoms with Crippen LogP contribution in [0.1, 0.15) is 51.0 Å². The van der Waals surface area contributed by atoms with Gasteiger partial charge in [0.15, 0.2) is 6.61 Å². The Kier molecular flexibility index (Phi) is 8.12. The minimum atomic E-state index is -0.420. The lowest BCUT2D eigenvalue weighted by molar-refractivity contribution is -0.145. The van der Waals surface area contributed by atoms with Gasteiger partial charge >= 0.3 is 5.97 Å². The van der Waals surface area contributed by atoms with Crippen LogP contribution < -0.4 is 4.74 Å². The third-order valence-corrected chi connectivity index (χ3v) is 6.59. The van der Waals surface area contributed by atoms with Crippen molar-refractivity contribution in [2.24, 2.45) is 5.92 Å². The van der Waals surface area contributed by atoms with Gasteiger partial charge in [0.25, 0.3) is 5.91 Å². The first-order chi connectivity index (χ1) is 14.1. The Hall–Kier alpha value is -1.86. The van der Waals surface area contributed by atoms with Gasteiger partial charge in [-0.1, -0.05) is 74.3 Å². The number of carbonyl (C=O) groups excluding carboxylic acids is 2. The summed E-state index contributed by atoms with van der Waals surface area (Å²) in [6.07, 6.45) is 9.25. The van der Waals surface area contributed by atoms with Gasteiger partial charge in [0.1, 0.15) is 10.1 Å². The van der Waals surface area contributed by atoms with Crippen LogP contribution in [-0.4, -0.2) is 40.9 Å². The summed E-state index contributed by atoms with van der Waals surface area (Å²) in [6, 6.07) is 7.32. The Morgan fingerprint density at radius 1 is 1.28 bits per heavy atom. The molecular weight excluding hydrogens is 406 g/mol. The van der Waals surface area contributed by atoms with Crippen LogP contribution in [0.3, 0.4) is 0 Å². The second kappa shape index (κ2) is 10.8. The molecule has 0 unspecified atom stereocenters. The smallest absolute Gasteiger partial charge is 0.344 e. The minimum Gasteiger partial charge on any atom is -0.481 e. The van der Waals surface area contributed by atoms with E-state index in [1.807, 2.05) is 18.2 Å². The van der Waals surface area contributed by atoms with Gasteiger partial charge in [0, 0.05) is 12.1 Å². The minimum absolute atomic E-state index is 0.0454. The molecule has 2 fully saturated rings. The molecule has 3 rings (SSSR count). The lowest BCUT2D eigenvalue weighted by atomic mass is 9.87. The molecular formula is C22H27NO4S2. The van der Waals surface area contributed by atoms with Gasteiger partial charge in [-0.25, -0.2) is 4.79 Å². The van der Waals surface area contributed by atoms with Crippen LogP contribution in [0.5, 0.6) is 5.75 Å². The first-order valence-corrected chi connectivity index (χ1v) is 11.4. The molecule has 0 bridgehead atoms. The third kappa shape index (κ3) is 6.06. The molecule has 2 aliphatic rings. The Labute approximate surface area is 181 Å². The highest BCUT2D eigenvalue weighted by Gasteiger charge is 2.32. The molecule has 1 aromatic rings. The van der Waals surface area contributed by atoms with Gasteiger partial charge in [0.05, 0.1) is 11.5 Å². The lowest BCUT2D eigenvalue weighted by Crippen LogP contribution is -2.30. The molecule has 1 aromatic carbocycles. The van der Waals surface area contributed by atoms with E-state index in [2.05, 4.69) is 0 Å². The van der Waals surface area contributed by atoms with Gasteiger partial charge in [-0.3, -0.25) is 9.69 Å². The molecule has 1 amide bonds. The van der Waals surface area contributed by atoms with Gasteiger partial charge in [-0.2, -0.15) is 0 Å². The number of rotatable bonds is 8. The normalized spacial score (nSPS) is 19.1. The number of nitrogens with zero attached hydrogens (tertiary/aromatic N) is 1. The number of amides is 1. The summed E-state index contributed by atoms with van der Waals surface area (Å²) in [5, 5.41) is 0. The highest BCUT2D eigenvalue weighted by molar-refractivity contribution is 8.26. The molecule has 7 heteroatoms. The maximum atomic E-state index is 12.9. The zero-order valence-corrected chi connectivity index (χ0v) is 18.4. The molecule has 29 heavy (non-hydrogen) atoms. The summed E-state index contributed by atoms with van der Waals surface area (Å²) in [4.78, 5) is 26.8. The van der Waals surface area contributed by atoms with E-state index < -0.39 is 5.97 Å². The van der Waals surface area contributed by atoms with E-state index in [0.717, 1.165) is 12.0 Å². The molecule has 1 saturated heterocycles. The van der Waals surface area contributed by atoms with Crippen LogP contribution >= 0.6 is 24.0 Å². The average Bonchev–Trinajstić information content (AvgIpc) is 2.99. The lowest BCUT2D eigenvalue weighted by Gasteiger charge is -2.23. The number of benzene rings is 1. The third-order valence-electron chi connectivity index (χ3n) is 5.22. The van der Waals surface area contributed by atoms with Crippen molar-refractivity contribution < 1.29 is 19.1 Å². The van der Waals surface area contributed by atoms with Crippen molar-refractivity contribution in [1.82, 2.24) is 4.90 Å². The summed E-state index contributed by atoms with van der Waals surface area (Å²) in [6.45, 7) is 2.59. The maximum Gasteiger partial charge on any atom is 0.344 e. The number of hydrogen-bond acceptors (Lipinski definition) is 6. The molecule has 1 saturated carbocycles. The molecule has 0 aromatic heterocycles. The molecule has 1 aliphatic heterocycles. The molecule has 0 N–H and O–H groups in total. The van der Waals surface area contributed by atoms with Crippen LogP contribution in [0.4, 0.5) is 0 Å². The van der Waals surface area contributed by atoms with E-state index in [1.54, 1.807) is 24.0 Å². The summed E-state index contributed by atoms with van der Waals surface area (Å²) in [5.74, 6) is 0.773. The van der Waals surface area contributed by atoms with Gasteiger partial charge in [0.2, 0.25) is 0 Å². The molecule has 0 radical (unpaired) electrons. The molecule has 156 valence electrons. The van der Waals surface area contributed by atoms with Crippen molar-refractivity contribution in [2.45, 2.75) is 45.4 Å². The number of thioether (sulfide) groups is 1. The topological polar surface area (TPSA) is 55.8 Å². The highest BCUT2D eigenvalue weighted by Crippen LogP contribution is 2.35. The fourth-order valence-corrected chi connectivity index (χ4v) is 4.99. The zero-order valence-electron chi connectivity index (χ0n) is 16.7. The fourth-order valence-electron chi connectivity index (χ4n) is 3.69. The van der Waals surface area contributed by atoms with Crippen LogP contribution in [0.25, 0.3) is 6.08 Å². The van der Waals surface area contributed by atoms with Crippen molar-refractivity contribution >= 4 is 46.3 Å². The van der Waals surface area contributed by atoms with Crippen LogP contribution in [0.2, 0.25) is 0 Å². The van der Waals surface area contributed by atoms with E-state index in [-0.39, 0.29) is 12.5 Å². The second-order valence-corrected chi connectivity index (χ2v) is 8.93. The maximum absolute atomic E-state index is 12.9. The Balaban J connectivity index is 1.65. The number of para-hydroxylation sites is 1. The van der Waals surface area contributed by atoms with Gasteiger partial charge in [-0.05, 0) is 31.4 Å². The Bertz CT molecular complexity index is 787. The summed E-state index contributed by atoms with van der Waals surface area (Å²) in [7, 11) is 0. The predicted molar refractivity (Wildman–Crippen MR) is 120 cm³/mol. The summed E-state index contributed by atoms with van der Waals surface area (Å²) < 4.78 is 11.1. The standard InChI is InChI=1S/C22H27NO4S2/c1-2-26-20(24)15-27-18-11-7-6-10-17(18)14-19-21(25)23(22(28)29-19)13-12-16-8-4-3-5-9-16/h6-7,10-11,14,16H,2-5,8-9,12-13,15H2,1H3/b19-14-. The number of thiocarbonyl (C=S) groups is 1. The monoisotopic (exact) mass is 433 g/mol. The van der Waals surface area contributed by atoms with Gasteiger partial charge < -0.3 is 9.47 Å². The van der Waals surface area contributed by atoms with E-state index in [1.165, 1.54) is 43.9 Å². The van der Waals surface area contributed by atoms with E-state index in [0.29, 0.717) is 34.0 Å². The molecule has 1 heterocycles. The predicted octanol–water partition coefficient (Wildman–Crippen LogP) is 4.80. The van der Waals surface area contributed by atoms with Crippen LogP contribution in [0, 0.1) is 5.92 Å². The largest absolute Gasteiger partial charge is 0.481 e. The number of carbonyl (C=O) groups is 2. The molecule has 5 nitrogen and oxygen atoms in total. The number of ether oxygens (including phenoxy) is 2. The van der Waals surface area contributed by atoms with Crippen molar-refractivity contribution in [3.8, 4) is 5.75 Å². The highest BCUT2D eigenvalue weighted by atomic mass is 32.2. The van der Waals surface area contributed by atoms with Crippen molar-refractivity contribution in [1.29, 1.82) is 0 Å². The molecule has 0 atom stereocenters. The van der Waals surface area contributed by atoms with Crippen LogP contribution in [0.15, 0.2) is 29.2 Å². The first-order valence-electron chi connectivity index (χ1n) is 10.2. The van der Waals surface area contributed by atoms with Crippen molar-refractivity contribution in [3.05, 3.63) is 34.7 Å².